The lowest BCUT2D eigenvalue weighted by Gasteiger charge is -2.29. The van der Waals surface area contributed by atoms with E-state index in [-0.39, 0.29) is 18.5 Å². The first-order valence-electron chi connectivity index (χ1n) is 9.62. The Balaban J connectivity index is 1.63. The average molecular weight is 382 g/mol. The zero-order chi connectivity index (χ0) is 18.8. The van der Waals surface area contributed by atoms with Gasteiger partial charge >= 0.3 is 0 Å². The average Bonchev–Trinajstić information content (AvgIpc) is 3.02. The Hall–Kier alpha value is -2.33. The van der Waals surface area contributed by atoms with Crippen molar-refractivity contribution in [2.24, 2.45) is 5.92 Å². The first-order chi connectivity index (χ1) is 13.1. The number of carbonyl (C=O) groups is 1. The monoisotopic (exact) mass is 381 g/mol. The number of nitrogens with zero attached hydrogens (tertiary/aromatic N) is 2. The van der Waals surface area contributed by atoms with Gasteiger partial charge in [-0.15, -0.1) is 0 Å². The number of hydrogen-bond donors (Lipinski definition) is 1. The number of rotatable bonds is 4. The summed E-state index contributed by atoms with van der Waals surface area (Å²) in [5, 5.41) is 9.60. The van der Waals surface area contributed by atoms with Crippen LogP contribution in [0.4, 0.5) is 0 Å². The maximum Gasteiger partial charge on any atom is 0.241 e. The van der Waals surface area contributed by atoms with Crippen molar-refractivity contribution in [2.45, 2.75) is 45.2 Å². The molecule has 0 spiro atoms. The van der Waals surface area contributed by atoms with E-state index in [9.17, 15) is 4.79 Å². The predicted octanol–water partition coefficient (Wildman–Crippen LogP) is 5.05. The van der Waals surface area contributed by atoms with Gasteiger partial charge in [-0.3, -0.25) is 9.48 Å². The van der Waals surface area contributed by atoms with Crippen LogP contribution in [0.3, 0.4) is 0 Å². The molecule has 1 aliphatic carbocycles. The van der Waals surface area contributed by atoms with Crippen LogP contribution in [0.2, 0.25) is 5.02 Å². The van der Waals surface area contributed by atoms with Crippen LogP contribution in [0.25, 0.3) is 22.2 Å². The van der Waals surface area contributed by atoms with Gasteiger partial charge in [-0.25, -0.2) is 0 Å². The van der Waals surface area contributed by atoms with Crippen LogP contribution in [0.1, 0.15) is 32.6 Å². The second-order valence-corrected chi connectivity index (χ2v) is 7.91. The standard InChI is InChI=1S/C22H24ClN3O/c1-15-7-5-6-10-19(15)24-21(27)14-26-20-12-11-17(23)13-18(20)22(25-26)16-8-3-2-4-9-16/h2-4,8-9,11-13,15,19H,5-7,10,14H2,1H3,(H,24,27)/t15-,19-/m1/s1. The number of fused-ring (bicyclic) bond motifs is 1. The van der Waals surface area contributed by atoms with Crippen molar-refractivity contribution in [3.8, 4) is 11.3 Å². The molecular formula is C22H24ClN3O. The molecule has 0 aliphatic heterocycles. The smallest absolute Gasteiger partial charge is 0.241 e. The Morgan fingerprint density at radius 3 is 2.74 bits per heavy atom. The molecule has 2 atom stereocenters. The Kier molecular flexibility index (Phi) is 5.17. The molecule has 1 aromatic heterocycles. The highest BCUT2D eigenvalue weighted by Crippen LogP contribution is 2.30. The third-order valence-corrected chi connectivity index (χ3v) is 5.75. The number of benzene rings is 2. The first-order valence-corrected chi connectivity index (χ1v) is 10.0. The van der Waals surface area contributed by atoms with E-state index in [0.29, 0.717) is 10.9 Å². The fraction of sp³-hybridized carbons (Fsp3) is 0.364. The fourth-order valence-electron chi connectivity index (χ4n) is 4.00. The van der Waals surface area contributed by atoms with Crippen molar-refractivity contribution in [1.82, 2.24) is 15.1 Å². The van der Waals surface area contributed by atoms with Gasteiger partial charge in [0.2, 0.25) is 5.91 Å². The molecule has 3 aromatic rings. The van der Waals surface area contributed by atoms with Gasteiger partial charge in [0.1, 0.15) is 12.2 Å². The third kappa shape index (κ3) is 3.86. The van der Waals surface area contributed by atoms with Crippen molar-refractivity contribution < 1.29 is 4.79 Å². The highest BCUT2D eigenvalue weighted by Gasteiger charge is 2.23. The van der Waals surface area contributed by atoms with Gasteiger partial charge in [-0.1, -0.05) is 61.7 Å². The zero-order valence-electron chi connectivity index (χ0n) is 15.5. The lowest BCUT2D eigenvalue weighted by molar-refractivity contribution is -0.123. The van der Waals surface area contributed by atoms with Crippen LogP contribution in [0.15, 0.2) is 48.5 Å². The van der Waals surface area contributed by atoms with Crippen LogP contribution in [-0.4, -0.2) is 21.7 Å². The van der Waals surface area contributed by atoms with E-state index >= 15 is 0 Å². The summed E-state index contributed by atoms with van der Waals surface area (Å²) in [6.45, 7) is 2.44. The van der Waals surface area contributed by atoms with E-state index in [1.807, 2.05) is 48.5 Å². The maximum absolute atomic E-state index is 12.7. The Morgan fingerprint density at radius 2 is 1.96 bits per heavy atom. The van der Waals surface area contributed by atoms with Gasteiger partial charge in [-0.05, 0) is 37.0 Å². The van der Waals surface area contributed by atoms with Gasteiger partial charge < -0.3 is 5.32 Å². The van der Waals surface area contributed by atoms with Crippen LogP contribution >= 0.6 is 11.6 Å². The molecule has 0 unspecified atom stereocenters. The van der Waals surface area contributed by atoms with E-state index in [1.165, 1.54) is 19.3 Å². The van der Waals surface area contributed by atoms with E-state index in [1.54, 1.807) is 4.68 Å². The Labute approximate surface area is 164 Å². The Morgan fingerprint density at radius 1 is 1.19 bits per heavy atom. The van der Waals surface area contributed by atoms with Gasteiger partial charge in [-0.2, -0.15) is 5.10 Å². The largest absolute Gasteiger partial charge is 0.351 e. The molecule has 1 N–H and O–H groups in total. The summed E-state index contributed by atoms with van der Waals surface area (Å²) >= 11 is 6.22. The molecule has 2 aromatic carbocycles. The molecule has 27 heavy (non-hydrogen) atoms. The topological polar surface area (TPSA) is 46.9 Å². The fourth-order valence-corrected chi connectivity index (χ4v) is 4.17. The summed E-state index contributed by atoms with van der Waals surface area (Å²) in [4.78, 5) is 12.7. The summed E-state index contributed by atoms with van der Waals surface area (Å²) in [7, 11) is 0. The second kappa shape index (κ2) is 7.73. The maximum atomic E-state index is 12.7. The second-order valence-electron chi connectivity index (χ2n) is 7.47. The van der Waals surface area contributed by atoms with Gasteiger partial charge in [0.25, 0.3) is 0 Å². The summed E-state index contributed by atoms with van der Waals surface area (Å²) < 4.78 is 1.79. The lowest BCUT2D eigenvalue weighted by Crippen LogP contribution is -2.42. The number of aromatic nitrogens is 2. The summed E-state index contributed by atoms with van der Waals surface area (Å²) in [6.07, 6.45) is 4.71. The molecule has 1 amide bonds. The van der Waals surface area contributed by atoms with Crippen LogP contribution in [-0.2, 0) is 11.3 Å². The minimum atomic E-state index is 0.0210. The highest BCUT2D eigenvalue weighted by atomic mass is 35.5. The lowest BCUT2D eigenvalue weighted by atomic mass is 9.86. The van der Waals surface area contributed by atoms with E-state index in [4.69, 9.17) is 16.7 Å². The highest BCUT2D eigenvalue weighted by molar-refractivity contribution is 6.31. The molecule has 0 saturated heterocycles. The molecule has 4 nitrogen and oxygen atoms in total. The normalized spacial score (nSPS) is 19.9. The third-order valence-electron chi connectivity index (χ3n) is 5.51. The first kappa shape index (κ1) is 18.1. The molecule has 1 fully saturated rings. The quantitative estimate of drug-likeness (QED) is 0.687. The molecule has 140 valence electrons. The van der Waals surface area contributed by atoms with Crippen LogP contribution in [0, 0.1) is 5.92 Å². The number of carbonyl (C=O) groups excluding carboxylic acids is 1. The summed E-state index contributed by atoms with van der Waals surface area (Å²) in [5.41, 5.74) is 2.79. The minimum absolute atomic E-state index is 0.0210. The minimum Gasteiger partial charge on any atom is -0.351 e. The summed E-state index contributed by atoms with van der Waals surface area (Å²) in [5.74, 6) is 0.559. The molecule has 1 aliphatic rings. The molecule has 1 saturated carbocycles. The number of hydrogen-bond acceptors (Lipinski definition) is 2. The predicted molar refractivity (Wildman–Crippen MR) is 110 cm³/mol. The Bertz CT molecular complexity index is 951. The number of amides is 1. The SMILES string of the molecule is C[C@@H]1CCCC[C@H]1NC(=O)Cn1nc(-c2ccccc2)c2cc(Cl)ccc21. The molecule has 5 heteroatoms. The van der Waals surface area contributed by atoms with Gasteiger partial charge in [0.15, 0.2) is 0 Å². The van der Waals surface area contributed by atoms with E-state index in [0.717, 1.165) is 28.6 Å². The van der Waals surface area contributed by atoms with Crippen molar-refractivity contribution in [1.29, 1.82) is 0 Å². The van der Waals surface area contributed by atoms with Crippen molar-refractivity contribution in [3.63, 3.8) is 0 Å². The van der Waals surface area contributed by atoms with Gasteiger partial charge in [0.05, 0.1) is 5.52 Å². The molecular weight excluding hydrogens is 358 g/mol. The summed E-state index contributed by atoms with van der Waals surface area (Å²) in [6, 6.07) is 16.0. The van der Waals surface area contributed by atoms with E-state index in [2.05, 4.69) is 12.2 Å². The molecule has 0 radical (unpaired) electrons. The van der Waals surface area contributed by atoms with Gasteiger partial charge in [0, 0.05) is 22.0 Å². The van der Waals surface area contributed by atoms with Crippen LogP contribution in [0.5, 0.6) is 0 Å². The molecule has 0 bridgehead atoms. The van der Waals surface area contributed by atoms with E-state index < -0.39 is 0 Å². The number of nitrogens with one attached hydrogen (secondary N) is 1. The molecule has 4 rings (SSSR count). The van der Waals surface area contributed by atoms with Crippen molar-refractivity contribution in [3.05, 3.63) is 53.6 Å². The van der Waals surface area contributed by atoms with Crippen molar-refractivity contribution in [2.75, 3.05) is 0 Å². The van der Waals surface area contributed by atoms with Crippen LogP contribution < -0.4 is 5.32 Å². The zero-order valence-corrected chi connectivity index (χ0v) is 16.2. The van der Waals surface area contributed by atoms with Crippen molar-refractivity contribution >= 4 is 28.4 Å². The molecule has 1 heterocycles. The number of halogens is 1.